The summed E-state index contributed by atoms with van der Waals surface area (Å²) in [4.78, 5) is 18.1. The maximum atomic E-state index is 13.3. The van der Waals surface area contributed by atoms with Crippen LogP contribution >= 0.6 is 0 Å². The number of benzene rings is 2. The first kappa shape index (κ1) is 23.4. The number of amides is 1. The third kappa shape index (κ3) is 4.62. The number of para-hydroxylation sites is 1. The van der Waals surface area contributed by atoms with Crippen molar-refractivity contribution in [1.82, 2.24) is 14.8 Å². The summed E-state index contributed by atoms with van der Waals surface area (Å²) in [6, 6.07) is 13.3. The number of carbonyl (C=O) groups excluding carboxylic acids is 1. The molecule has 178 valence electrons. The molecule has 0 saturated heterocycles. The third-order valence-electron chi connectivity index (χ3n) is 5.26. The van der Waals surface area contributed by atoms with Crippen LogP contribution in [0.25, 0.3) is 21.9 Å². The van der Waals surface area contributed by atoms with E-state index in [1.165, 1.54) is 0 Å². The molecular formula is C26H30N4O4. The number of fused-ring (bicyclic) bond motifs is 2. The molecule has 2 aromatic heterocycles. The molecular weight excluding hydrogens is 432 g/mol. The van der Waals surface area contributed by atoms with E-state index in [2.05, 4.69) is 17.3 Å². The standard InChI is InChI=1S/C26H30N4O4/c1-5-13-30-25-19(14-17-11-9-10-12-20(17)27-25)24(29-30)28-26(31)18-15-21(32-6-2)23(34-8-4)22(16-18)33-7-3/h9-12,14-16H,5-8,13H2,1-4H3,(H,28,29,31). The maximum Gasteiger partial charge on any atom is 0.257 e. The van der Waals surface area contributed by atoms with E-state index in [4.69, 9.17) is 19.2 Å². The molecule has 0 spiro atoms. The first-order valence-corrected chi connectivity index (χ1v) is 11.7. The summed E-state index contributed by atoms with van der Waals surface area (Å²) in [6.07, 6.45) is 0.896. The number of rotatable bonds is 10. The van der Waals surface area contributed by atoms with Gasteiger partial charge in [0.05, 0.1) is 30.7 Å². The highest BCUT2D eigenvalue weighted by Gasteiger charge is 2.21. The third-order valence-corrected chi connectivity index (χ3v) is 5.26. The second kappa shape index (κ2) is 10.4. The Morgan fingerprint density at radius 3 is 2.26 bits per heavy atom. The molecule has 0 fully saturated rings. The number of ether oxygens (including phenoxy) is 3. The molecule has 34 heavy (non-hydrogen) atoms. The van der Waals surface area contributed by atoms with Crippen molar-refractivity contribution in [2.24, 2.45) is 0 Å². The minimum absolute atomic E-state index is 0.318. The molecule has 0 unspecified atom stereocenters. The lowest BCUT2D eigenvalue weighted by molar-refractivity contribution is 0.102. The summed E-state index contributed by atoms with van der Waals surface area (Å²) in [5, 5.41) is 9.42. The fourth-order valence-electron chi connectivity index (χ4n) is 3.86. The van der Waals surface area contributed by atoms with E-state index in [9.17, 15) is 4.79 Å². The Bertz CT molecular complexity index is 1290. The molecule has 8 nitrogen and oxygen atoms in total. The average Bonchev–Trinajstić information content (AvgIpc) is 3.16. The Hall–Kier alpha value is -3.81. The Morgan fingerprint density at radius 2 is 1.62 bits per heavy atom. The van der Waals surface area contributed by atoms with Gasteiger partial charge in [-0.15, -0.1) is 0 Å². The summed E-state index contributed by atoms with van der Waals surface area (Å²) in [5.41, 5.74) is 2.02. The molecule has 4 aromatic rings. The van der Waals surface area contributed by atoms with E-state index in [1.54, 1.807) is 12.1 Å². The van der Waals surface area contributed by atoms with Crippen LogP contribution in [0.1, 0.15) is 44.5 Å². The van der Waals surface area contributed by atoms with Crippen LogP contribution in [0.4, 0.5) is 5.82 Å². The van der Waals surface area contributed by atoms with Crippen LogP contribution in [-0.2, 0) is 6.54 Å². The molecule has 0 aliphatic heterocycles. The Kier molecular flexibility index (Phi) is 7.15. The maximum absolute atomic E-state index is 13.3. The van der Waals surface area contributed by atoms with Crippen LogP contribution in [0, 0.1) is 0 Å². The van der Waals surface area contributed by atoms with Gasteiger partial charge in [-0.3, -0.25) is 4.79 Å². The summed E-state index contributed by atoms with van der Waals surface area (Å²) >= 11 is 0. The van der Waals surface area contributed by atoms with Gasteiger partial charge in [0.2, 0.25) is 5.75 Å². The summed E-state index contributed by atoms with van der Waals surface area (Å²) in [6.45, 7) is 9.75. The van der Waals surface area contributed by atoms with Crippen LogP contribution in [0.3, 0.4) is 0 Å². The van der Waals surface area contributed by atoms with Crippen molar-refractivity contribution in [2.75, 3.05) is 25.1 Å². The highest BCUT2D eigenvalue weighted by Crippen LogP contribution is 2.39. The van der Waals surface area contributed by atoms with Crippen molar-refractivity contribution >= 4 is 33.7 Å². The zero-order valence-corrected chi connectivity index (χ0v) is 20.1. The zero-order valence-electron chi connectivity index (χ0n) is 20.1. The van der Waals surface area contributed by atoms with Gasteiger partial charge in [0, 0.05) is 17.5 Å². The number of nitrogens with zero attached hydrogens (tertiary/aromatic N) is 3. The van der Waals surface area contributed by atoms with Crippen molar-refractivity contribution in [3.8, 4) is 17.2 Å². The largest absolute Gasteiger partial charge is 0.490 e. The van der Waals surface area contributed by atoms with Gasteiger partial charge in [0.25, 0.3) is 5.91 Å². The van der Waals surface area contributed by atoms with E-state index in [1.807, 2.05) is 55.8 Å². The van der Waals surface area contributed by atoms with Crippen LogP contribution < -0.4 is 19.5 Å². The summed E-state index contributed by atoms with van der Waals surface area (Å²) in [7, 11) is 0. The highest BCUT2D eigenvalue weighted by atomic mass is 16.5. The second-order valence-corrected chi connectivity index (χ2v) is 7.68. The fraction of sp³-hybridized carbons (Fsp3) is 0.346. The lowest BCUT2D eigenvalue weighted by Crippen LogP contribution is -2.14. The number of pyridine rings is 1. The quantitative estimate of drug-likeness (QED) is 0.338. The van der Waals surface area contributed by atoms with E-state index < -0.39 is 0 Å². The Balaban J connectivity index is 1.76. The number of aromatic nitrogens is 3. The Labute approximate surface area is 198 Å². The number of aryl methyl sites for hydroxylation is 1. The van der Waals surface area contributed by atoms with Gasteiger partial charge in [-0.25, -0.2) is 9.67 Å². The van der Waals surface area contributed by atoms with Crippen LogP contribution in [0.15, 0.2) is 42.5 Å². The smallest absolute Gasteiger partial charge is 0.257 e. The first-order chi connectivity index (χ1) is 16.6. The van der Waals surface area contributed by atoms with Crippen LogP contribution in [0.5, 0.6) is 17.2 Å². The van der Waals surface area contributed by atoms with Gasteiger partial charge >= 0.3 is 0 Å². The first-order valence-electron chi connectivity index (χ1n) is 11.7. The minimum atomic E-state index is -0.318. The van der Waals surface area contributed by atoms with Crippen molar-refractivity contribution in [3.63, 3.8) is 0 Å². The number of nitrogens with one attached hydrogen (secondary N) is 1. The molecule has 1 N–H and O–H groups in total. The van der Waals surface area contributed by atoms with Crippen molar-refractivity contribution < 1.29 is 19.0 Å². The van der Waals surface area contributed by atoms with Gasteiger partial charge in [-0.1, -0.05) is 25.1 Å². The molecule has 0 atom stereocenters. The monoisotopic (exact) mass is 462 g/mol. The average molecular weight is 463 g/mol. The molecule has 0 aliphatic carbocycles. The van der Waals surface area contributed by atoms with Crippen molar-refractivity contribution in [1.29, 1.82) is 0 Å². The fourth-order valence-corrected chi connectivity index (χ4v) is 3.86. The minimum Gasteiger partial charge on any atom is -0.490 e. The van der Waals surface area contributed by atoms with E-state index in [-0.39, 0.29) is 5.91 Å². The van der Waals surface area contributed by atoms with E-state index >= 15 is 0 Å². The zero-order chi connectivity index (χ0) is 24.1. The van der Waals surface area contributed by atoms with Gasteiger partial charge in [-0.2, -0.15) is 5.10 Å². The predicted octanol–water partition coefficient (Wildman–Crippen LogP) is 5.44. The van der Waals surface area contributed by atoms with Gasteiger partial charge in [-0.05, 0) is 51.5 Å². The summed E-state index contributed by atoms with van der Waals surface area (Å²) in [5.74, 6) is 1.58. The van der Waals surface area contributed by atoms with Gasteiger partial charge in [0.1, 0.15) is 0 Å². The number of hydrogen-bond donors (Lipinski definition) is 1. The topological polar surface area (TPSA) is 87.5 Å². The number of carbonyl (C=O) groups is 1. The SMILES string of the molecule is CCCn1nc(NC(=O)c2cc(OCC)c(OCC)c(OCC)c2)c2cc3ccccc3nc21. The number of anilines is 1. The molecule has 0 aliphatic rings. The predicted molar refractivity (Wildman–Crippen MR) is 133 cm³/mol. The molecule has 2 aromatic carbocycles. The highest BCUT2D eigenvalue weighted by molar-refractivity contribution is 6.09. The van der Waals surface area contributed by atoms with Gasteiger partial charge in [0.15, 0.2) is 23.0 Å². The molecule has 0 bridgehead atoms. The molecule has 4 rings (SSSR count). The van der Waals surface area contributed by atoms with Gasteiger partial charge < -0.3 is 19.5 Å². The van der Waals surface area contributed by atoms with Crippen LogP contribution in [-0.4, -0.2) is 40.5 Å². The molecule has 2 heterocycles. The second-order valence-electron chi connectivity index (χ2n) is 7.68. The van der Waals surface area contributed by atoms with Crippen molar-refractivity contribution in [3.05, 3.63) is 48.0 Å². The van der Waals surface area contributed by atoms with Crippen LogP contribution in [0.2, 0.25) is 0 Å². The van der Waals surface area contributed by atoms with E-state index in [0.717, 1.165) is 28.4 Å². The molecule has 0 saturated carbocycles. The molecule has 0 radical (unpaired) electrons. The number of hydrogen-bond acceptors (Lipinski definition) is 6. The summed E-state index contributed by atoms with van der Waals surface area (Å²) < 4.78 is 19.1. The molecule has 1 amide bonds. The lowest BCUT2D eigenvalue weighted by Gasteiger charge is -2.17. The molecule has 8 heteroatoms. The van der Waals surface area contributed by atoms with Crippen molar-refractivity contribution in [2.45, 2.75) is 40.7 Å². The lowest BCUT2D eigenvalue weighted by atomic mass is 10.1. The Morgan fingerprint density at radius 1 is 0.941 bits per heavy atom. The normalized spacial score (nSPS) is 11.1. The van der Waals surface area contributed by atoms with E-state index in [0.29, 0.717) is 55.0 Å².